The van der Waals surface area contributed by atoms with Gasteiger partial charge in [-0.05, 0) is 30.3 Å². The van der Waals surface area contributed by atoms with Crippen molar-refractivity contribution in [2.24, 2.45) is 7.05 Å². The zero-order valence-corrected chi connectivity index (χ0v) is 12.6. The molecule has 1 aromatic rings. The number of rotatable bonds is 2. The van der Waals surface area contributed by atoms with Crippen LogP contribution in [0.5, 0.6) is 0 Å². The van der Waals surface area contributed by atoms with E-state index in [-0.39, 0.29) is 22.0 Å². The minimum absolute atomic E-state index is 0.0950. The van der Waals surface area contributed by atoms with Crippen LogP contribution in [-0.4, -0.2) is 33.6 Å². The number of benzene rings is 2. The fraction of sp³-hybridized carbons (Fsp3) is 0.0714. The van der Waals surface area contributed by atoms with Crippen LogP contribution in [0.1, 0.15) is 10.4 Å². The van der Waals surface area contributed by atoms with E-state index in [1.165, 1.54) is 16.7 Å². The van der Waals surface area contributed by atoms with Crippen molar-refractivity contribution in [1.29, 1.82) is 5.41 Å². The van der Waals surface area contributed by atoms with Crippen molar-refractivity contribution in [3.8, 4) is 11.4 Å². The first-order valence-electron chi connectivity index (χ1n) is 6.38. The van der Waals surface area contributed by atoms with Gasteiger partial charge in [0.1, 0.15) is 5.52 Å². The normalized spacial score (nSPS) is 11.9. The third kappa shape index (κ3) is 2.45. The predicted octanol–water partition coefficient (Wildman–Crippen LogP) is 1.10. The highest BCUT2D eigenvalue weighted by atomic mass is 32.2. The van der Waals surface area contributed by atoms with Crippen LogP contribution in [0.4, 0.5) is 0 Å². The molecule has 3 N–H and O–H groups in total. The van der Waals surface area contributed by atoms with E-state index in [4.69, 9.17) is 5.41 Å². The smallest absolute Gasteiger partial charge is 0.338 e. The molecule has 3 rings (SSSR count). The van der Waals surface area contributed by atoms with Gasteiger partial charge >= 0.3 is 5.97 Å². The number of nitrogens with zero attached hydrogens (tertiary/aromatic N) is 2. The molecule has 23 heavy (non-hydrogen) atoms. The number of carboxylic acids is 1. The van der Waals surface area contributed by atoms with Crippen molar-refractivity contribution >= 4 is 27.1 Å². The molecule has 8 nitrogen and oxygen atoms in total. The molecule has 0 amide bonds. The number of hydrogen-bond donors (Lipinski definition) is 3. The van der Waals surface area contributed by atoms with Gasteiger partial charge in [0.05, 0.1) is 32.7 Å². The second-order valence-corrected chi connectivity index (χ2v) is 6.41. The van der Waals surface area contributed by atoms with E-state index >= 15 is 0 Å². The van der Waals surface area contributed by atoms with E-state index in [2.05, 4.69) is 4.98 Å². The van der Waals surface area contributed by atoms with Crippen LogP contribution >= 0.6 is 0 Å². The first kappa shape index (κ1) is 15.1. The largest absolute Gasteiger partial charge is 0.478 e. The Bertz CT molecular complexity index is 1100. The van der Waals surface area contributed by atoms with Gasteiger partial charge in [-0.3, -0.25) is 4.55 Å². The van der Waals surface area contributed by atoms with Crippen LogP contribution < -0.4 is 5.36 Å². The van der Waals surface area contributed by atoms with Gasteiger partial charge in [-0.2, -0.15) is 8.42 Å². The highest BCUT2D eigenvalue weighted by molar-refractivity contribution is 7.85. The van der Waals surface area contributed by atoms with Gasteiger partial charge in [0.2, 0.25) is 0 Å². The molecular formula is C14H11N3O5S. The van der Waals surface area contributed by atoms with Gasteiger partial charge in [0, 0.05) is 7.05 Å². The predicted molar refractivity (Wildman–Crippen MR) is 80.0 cm³/mol. The maximum absolute atomic E-state index is 11.4. The molecule has 0 aromatic heterocycles. The summed E-state index contributed by atoms with van der Waals surface area (Å²) in [5.41, 5.74) is 0.989. The number of aromatic nitrogens is 2. The van der Waals surface area contributed by atoms with Crippen molar-refractivity contribution in [1.82, 2.24) is 9.55 Å². The lowest BCUT2D eigenvalue weighted by atomic mass is 10.1. The minimum Gasteiger partial charge on any atom is -0.478 e. The molecule has 1 heterocycles. The van der Waals surface area contributed by atoms with Crippen LogP contribution in [0.15, 0.2) is 35.2 Å². The lowest BCUT2D eigenvalue weighted by Crippen LogP contribution is -2.12. The summed E-state index contributed by atoms with van der Waals surface area (Å²) in [7, 11) is -2.97. The van der Waals surface area contributed by atoms with Gasteiger partial charge in [0.15, 0.2) is 0 Å². The Labute approximate surface area is 130 Å². The lowest BCUT2D eigenvalue weighted by Gasteiger charge is -2.16. The number of nitrogens with one attached hydrogen (secondary N) is 1. The molecule has 2 aliphatic rings. The first-order chi connectivity index (χ1) is 10.7. The van der Waals surface area contributed by atoms with E-state index in [9.17, 15) is 22.9 Å². The average Bonchev–Trinajstić information content (AvgIpc) is 2.46. The van der Waals surface area contributed by atoms with Gasteiger partial charge in [0.25, 0.3) is 10.1 Å². The van der Waals surface area contributed by atoms with E-state index in [1.54, 1.807) is 13.1 Å². The molecule has 0 radical (unpaired) electrons. The van der Waals surface area contributed by atoms with Crippen LogP contribution in [-0.2, 0) is 17.2 Å². The van der Waals surface area contributed by atoms with E-state index in [1.807, 2.05) is 0 Å². The summed E-state index contributed by atoms with van der Waals surface area (Å²) in [6.45, 7) is 0. The fourth-order valence-electron chi connectivity index (χ4n) is 2.42. The summed E-state index contributed by atoms with van der Waals surface area (Å²) in [6.07, 6.45) is 0. The molecule has 0 fully saturated rings. The third-order valence-corrected chi connectivity index (χ3v) is 4.35. The van der Waals surface area contributed by atoms with Crippen molar-refractivity contribution in [2.75, 3.05) is 0 Å². The zero-order chi connectivity index (χ0) is 16.9. The molecule has 0 spiro atoms. The SMILES string of the molecule is Cn1c2cc(=N)ccc-2nc2c(C(=O)O)cc(S(=O)(=O)O)cc21. The highest BCUT2D eigenvalue weighted by Crippen LogP contribution is 2.28. The molecular weight excluding hydrogens is 322 g/mol. The summed E-state index contributed by atoms with van der Waals surface area (Å²) >= 11 is 0. The van der Waals surface area contributed by atoms with Crippen LogP contribution in [0.3, 0.4) is 0 Å². The van der Waals surface area contributed by atoms with Gasteiger partial charge in [-0.15, -0.1) is 0 Å². The number of fused-ring (bicyclic) bond motifs is 2. The van der Waals surface area contributed by atoms with E-state index in [0.717, 1.165) is 12.1 Å². The Morgan fingerprint density at radius 1 is 1.26 bits per heavy atom. The topological polar surface area (TPSA) is 133 Å². The second kappa shape index (κ2) is 4.86. The molecule has 9 heteroatoms. The summed E-state index contributed by atoms with van der Waals surface area (Å²) in [6, 6.07) is 6.66. The number of carboxylic acid groups (broad SMARTS) is 1. The first-order valence-corrected chi connectivity index (χ1v) is 7.82. The number of carbonyl (C=O) groups is 1. The maximum Gasteiger partial charge on any atom is 0.338 e. The Morgan fingerprint density at radius 2 is 1.96 bits per heavy atom. The van der Waals surface area contributed by atoms with Crippen molar-refractivity contribution in [3.63, 3.8) is 0 Å². The summed E-state index contributed by atoms with van der Waals surface area (Å²) < 4.78 is 33.5. The Kier molecular flexibility index (Phi) is 3.20. The zero-order valence-electron chi connectivity index (χ0n) is 11.8. The number of hydrogen-bond acceptors (Lipinski definition) is 5. The monoisotopic (exact) mass is 333 g/mol. The van der Waals surface area contributed by atoms with Gasteiger partial charge in [-0.1, -0.05) is 0 Å². The fourth-order valence-corrected chi connectivity index (χ4v) is 2.94. The van der Waals surface area contributed by atoms with Crippen LogP contribution in [0, 0.1) is 5.41 Å². The van der Waals surface area contributed by atoms with Crippen molar-refractivity contribution < 1.29 is 22.9 Å². The van der Waals surface area contributed by atoms with Crippen LogP contribution in [0.25, 0.3) is 22.4 Å². The molecule has 0 saturated heterocycles. The number of aryl methyl sites for hydroxylation is 1. The van der Waals surface area contributed by atoms with Gasteiger partial charge < -0.3 is 15.1 Å². The van der Waals surface area contributed by atoms with Crippen molar-refractivity contribution in [2.45, 2.75) is 4.90 Å². The molecule has 0 atom stereocenters. The summed E-state index contributed by atoms with van der Waals surface area (Å²) in [5.74, 6) is -1.36. The molecule has 0 saturated carbocycles. The van der Waals surface area contributed by atoms with E-state index in [0.29, 0.717) is 11.4 Å². The summed E-state index contributed by atoms with van der Waals surface area (Å²) in [5, 5.41) is 17.2. The van der Waals surface area contributed by atoms with E-state index < -0.39 is 21.0 Å². The molecule has 1 aliphatic heterocycles. The lowest BCUT2D eigenvalue weighted by molar-refractivity contribution is 0.0698. The number of aromatic carboxylic acids is 1. The molecule has 118 valence electrons. The minimum atomic E-state index is -4.57. The molecule has 1 aliphatic carbocycles. The standard InChI is InChI=1S/C14H11N3O5S/c1-17-11-4-7(15)2-3-10(11)16-13-9(14(18)19)5-8(6-12(13)17)23(20,21)22/h2-6,15H,1H3,(H,18,19)(H,20,21,22). The molecule has 1 aromatic carbocycles. The summed E-state index contributed by atoms with van der Waals surface area (Å²) in [4.78, 5) is 15.2. The highest BCUT2D eigenvalue weighted by Gasteiger charge is 2.21. The third-order valence-electron chi connectivity index (χ3n) is 3.52. The second-order valence-electron chi connectivity index (χ2n) is 4.99. The van der Waals surface area contributed by atoms with Crippen molar-refractivity contribution in [3.05, 3.63) is 41.3 Å². The molecule has 0 unspecified atom stereocenters. The van der Waals surface area contributed by atoms with Crippen LogP contribution in [0.2, 0.25) is 0 Å². The Morgan fingerprint density at radius 3 is 2.57 bits per heavy atom. The van der Waals surface area contributed by atoms with Gasteiger partial charge in [-0.25, -0.2) is 9.78 Å². The average molecular weight is 333 g/mol. The molecule has 0 bridgehead atoms. The Balaban J connectivity index is 2.58. The maximum atomic E-state index is 11.4. The Hall–Kier alpha value is -2.78. The quantitative estimate of drug-likeness (QED) is 0.475.